The largest absolute Gasteiger partial charge is 0.465 e. The quantitative estimate of drug-likeness (QED) is 0.853. The van der Waals surface area contributed by atoms with Crippen molar-refractivity contribution < 1.29 is 9.15 Å². The van der Waals surface area contributed by atoms with Crippen molar-refractivity contribution in [2.75, 3.05) is 33.9 Å². The van der Waals surface area contributed by atoms with E-state index in [2.05, 4.69) is 29.0 Å². The van der Waals surface area contributed by atoms with Gasteiger partial charge in [-0.3, -0.25) is 9.80 Å². The van der Waals surface area contributed by atoms with Crippen LogP contribution < -0.4 is 0 Å². The lowest BCUT2D eigenvalue weighted by Gasteiger charge is -2.44. The third-order valence-corrected chi connectivity index (χ3v) is 5.56. The van der Waals surface area contributed by atoms with Gasteiger partial charge in [-0.25, -0.2) is 0 Å². The molecule has 118 valence electrons. The zero-order chi connectivity index (χ0) is 14.9. The first-order chi connectivity index (χ1) is 10.1. The highest BCUT2D eigenvalue weighted by atomic mass is 16.5. The molecule has 4 nitrogen and oxygen atoms in total. The highest BCUT2D eigenvalue weighted by Gasteiger charge is 2.45. The molecule has 1 spiro atoms. The van der Waals surface area contributed by atoms with Gasteiger partial charge in [-0.2, -0.15) is 0 Å². The number of likely N-dealkylation sites (N-methyl/N-ethyl adjacent to an activating group) is 1. The Balaban J connectivity index is 1.55. The lowest BCUT2D eigenvalue weighted by atomic mass is 9.85. The summed E-state index contributed by atoms with van der Waals surface area (Å²) in [6, 6.07) is 4.77. The molecule has 3 rings (SSSR count). The molecule has 0 bridgehead atoms. The maximum absolute atomic E-state index is 5.70. The number of furan rings is 1. The number of rotatable bonds is 4. The molecule has 1 atom stereocenters. The van der Waals surface area contributed by atoms with Crippen LogP contribution in [-0.4, -0.2) is 55.2 Å². The average Bonchev–Trinajstić information content (AvgIpc) is 3.01. The maximum Gasteiger partial charge on any atom is 0.118 e. The fourth-order valence-corrected chi connectivity index (χ4v) is 4.10. The van der Waals surface area contributed by atoms with Crippen LogP contribution in [0.4, 0.5) is 0 Å². The van der Waals surface area contributed by atoms with E-state index in [9.17, 15) is 0 Å². The van der Waals surface area contributed by atoms with Crippen LogP contribution >= 0.6 is 0 Å². The minimum Gasteiger partial charge on any atom is -0.465 e. The second-order valence-corrected chi connectivity index (χ2v) is 6.77. The molecule has 1 unspecified atom stereocenters. The summed E-state index contributed by atoms with van der Waals surface area (Å²) in [5.41, 5.74) is 0.415. The van der Waals surface area contributed by atoms with Gasteiger partial charge in [-0.05, 0) is 51.8 Å². The third-order valence-electron chi connectivity index (χ3n) is 5.56. The Labute approximate surface area is 128 Å². The van der Waals surface area contributed by atoms with E-state index in [1.54, 1.807) is 0 Å². The fourth-order valence-electron chi connectivity index (χ4n) is 4.10. The molecule has 2 saturated heterocycles. The van der Waals surface area contributed by atoms with Gasteiger partial charge < -0.3 is 9.15 Å². The number of nitrogens with zero attached hydrogens (tertiary/aromatic N) is 2. The number of piperidine rings is 1. The van der Waals surface area contributed by atoms with Gasteiger partial charge in [0, 0.05) is 31.8 Å². The van der Waals surface area contributed by atoms with Crippen LogP contribution in [0.15, 0.2) is 16.5 Å². The standard InChI is InChI=1S/C17H28N2O2/c1-14-4-5-16(21-14)12-19-10-8-17(9-11-19)7-6-15(13-20-3)18(17)2/h4-5,15H,6-13H2,1-3H3. The van der Waals surface area contributed by atoms with Gasteiger partial charge in [0.25, 0.3) is 0 Å². The number of hydrogen-bond donors (Lipinski definition) is 0. The summed E-state index contributed by atoms with van der Waals surface area (Å²) < 4.78 is 11.1. The van der Waals surface area contributed by atoms with E-state index in [0.29, 0.717) is 11.6 Å². The zero-order valence-corrected chi connectivity index (χ0v) is 13.6. The average molecular weight is 292 g/mol. The molecule has 0 aliphatic carbocycles. The molecule has 1 aromatic rings. The van der Waals surface area contributed by atoms with Crippen molar-refractivity contribution in [1.29, 1.82) is 0 Å². The van der Waals surface area contributed by atoms with Crippen LogP contribution in [0, 0.1) is 6.92 Å². The third kappa shape index (κ3) is 3.03. The van der Waals surface area contributed by atoms with Crippen molar-refractivity contribution >= 4 is 0 Å². The van der Waals surface area contributed by atoms with Gasteiger partial charge in [0.05, 0.1) is 13.2 Å². The summed E-state index contributed by atoms with van der Waals surface area (Å²) in [7, 11) is 4.11. The summed E-state index contributed by atoms with van der Waals surface area (Å²) in [5.74, 6) is 2.11. The van der Waals surface area contributed by atoms with E-state index < -0.39 is 0 Å². The lowest BCUT2D eigenvalue weighted by Crippen LogP contribution is -2.52. The number of methoxy groups -OCH3 is 1. The minimum atomic E-state index is 0.415. The van der Waals surface area contributed by atoms with Crippen molar-refractivity contribution in [3.05, 3.63) is 23.7 Å². The van der Waals surface area contributed by atoms with E-state index in [1.165, 1.54) is 38.8 Å². The van der Waals surface area contributed by atoms with Crippen LogP contribution in [0.25, 0.3) is 0 Å². The van der Waals surface area contributed by atoms with Crippen LogP contribution in [0.5, 0.6) is 0 Å². The van der Waals surface area contributed by atoms with Crippen LogP contribution in [-0.2, 0) is 11.3 Å². The topological polar surface area (TPSA) is 28.9 Å². The Hall–Kier alpha value is -0.840. The molecule has 2 aliphatic rings. The first-order valence-corrected chi connectivity index (χ1v) is 8.12. The highest BCUT2D eigenvalue weighted by molar-refractivity contribution is 5.07. The molecule has 2 fully saturated rings. The van der Waals surface area contributed by atoms with E-state index >= 15 is 0 Å². The molecule has 21 heavy (non-hydrogen) atoms. The Morgan fingerprint density at radius 3 is 2.67 bits per heavy atom. The van der Waals surface area contributed by atoms with Crippen LogP contribution in [0.3, 0.4) is 0 Å². The summed E-state index contributed by atoms with van der Waals surface area (Å²) in [4.78, 5) is 5.13. The molecule has 1 aromatic heterocycles. The van der Waals surface area contributed by atoms with E-state index in [0.717, 1.165) is 24.7 Å². The predicted octanol–water partition coefficient (Wildman–Crippen LogP) is 2.66. The van der Waals surface area contributed by atoms with Crippen molar-refractivity contribution in [3.63, 3.8) is 0 Å². The first-order valence-electron chi connectivity index (χ1n) is 8.12. The number of hydrogen-bond acceptors (Lipinski definition) is 4. The Morgan fingerprint density at radius 2 is 2.05 bits per heavy atom. The summed E-state index contributed by atoms with van der Waals surface area (Å²) in [5, 5.41) is 0. The Morgan fingerprint density at radius 1 is 1.29 bits per heavy atom. The maximum atomic E-state index is 5.70. The molecule has 3 heterocycles. The van der Waals surface area contributed by atoms with Gasteiger partial charge in [-0.15, -0.1) is 0 Å². The molecule has 0 amide bonds. The van der Waals surface area contributed by atoms with E-state index in [-0.39, 0.29) is 0 Å². The van der Waals surface area contributed by atoms with Crippen molar-refractivity contribution in [1.82, 2.24) is 9.80 Å². The summed E-state index contributed by atoms with van der Waals surface area (Å²) in [6.07, 6.45) is 5.14. The van der Waals surface area contributed by atoms with Crippen molar-refractivity contribution in [2.45, 2.75) is 50.7 Å². The van der Waals surface area contributed by atoms with Gasteiger partial charge in [0.15, 0.2) is 0 Å². The molecule has 0 N–H and O–H groups in total. The summed E-state index contributed by atoms with van der Waals surface area (Å²) in [6.45, 7) is 6.18. The highest BCUT2D eigenvalue weighted by Crippen LogP contribution is 2.40. The fraction of sp³-hybridized carbons (Fsp3) is 0.765. The lowest BCUT2D eigenvalue weighted by molar-refractivity contribution is 0.0266. The molecule has 0 radical (unpaired) electrons. The second kappa shape index (κ2) is 6.11. The van der Waals surface area contributed by atoms with Crippen LogP contribution in [0.1, 0.15) is 37.2 Å². The molecule has 0 saturated carbocycles. The number of ether oxygens (including phenoxy) is 1. The van der Waals surface area contributed by atoms with Crippen molar-refractivity contribution in [3.8, 4) is 0 Å². The number of likely N-dealkylation sites (tertiary alicyclic amines) is 2. The van der Waals surface area contributed by atoms with Crippen molar-refractivity contribution in [2.24, 2.45) is 0 Å². The number of aryl methyl sites for hydroxylation is 1. The SMILES string of the molecule is COCC1CCC2(CCN(Cc3ccc(C)o3)CC2)N1C. The van der Waals surface area contributed by atoms with Gasteiger partial charge in [-0.1, -0.05) is 0 Å². The van der Waals surface area contributed by atoms with Gasteiger partial charge in [0.2, 0.25) is 0 Å². The van der Waals surface area contributed by atoms with Crippen LogP contribution in [0.2, 0.25) is 0 Å². The van der Waals surface area contributed by atoms with Gasteiger partial charge >= 0.3 is 0 Å². The van der Waals surface area contributed by atoms with E-state index in [4.69, 9.17) is 9.15 Å². The van der Waals surface area contributed by atoms with Gasteiger partial charge in [0.1, 0.15) is 11.5 Å². The second-order valence-electron chi connectivity index (χ2n) is 6.77. The minimum absolute atomic E-state index is 0.415. The first kappa shape index (κ1) is 15.1. The Bertz CT molecular complexity index is 463. The molecular weight excluding hydrogens is 264 g/mol. The molecule has 2 aliphatic heterocycles. The van der Waals surface area contributed by atoms with E-state index in [1.807, 2.05) is 14.0 Å². The molecule has 0 aromatic carbocycles. The summed E-state index contributed by atoms with van der Waals surface area (Å²) >= 11 is 0. The zero-order valence-electron chi connectivity index (χ0n) is 13.6. The normalized spacial score (nSPS) is 26.7. The molecular formula is C17H28N2O2. The molecule has 4 heteroatoms. The predicted molar refractivity (Wildman–Crippen MR) is 83.3 cm³/mol. The Kier molecular flexibility index (Phi) is 4.38. The smallest absolute Gasteiger partial charge is 0.118 e. The monoisotopic (exact) mass is 292 g/mol.